The number of carbonyl (C=O) groups is 1. The monoisotopic (exact) mass is 279 g/mol. The van der Waals surface area contributed by atoms with Crippen LogP contribution < -0.4 is 4.74 Å². The number of carbonyl (C=O) groups excluding carboxylic acids is 1. The zero-order chi connectivity index (χ0) is 15.0. The Morgan fingerprint density at radius 1 is 1.30 bits per heavy atom. The summed E-state index contributed by atoms with van der Waals surface area (Å²) in [7, 11) is 0. The summed E-state index contributed by atoms with van der Waals surface area (Å²) in [4.78, 5) is 14.2. The number of nitrogens with zero attached hydrogens (tertiary/aromatic N) is 1. The molecule has 0 fully saturated rings. The van der Waals surface area contributed by atoms with E-state index in [-0.39, 0.29) is 18.6 Å². The molecule has 20 heavy (non-hydrogen) atoms. The fourth-order valence-electron chi connectivity index (χ4n) is 1.91. The van der Waals surface area contributed by atoms with Gasteiger partial charge in [-0.05, 0) is 51.0 Å². The fourth-order valence-corrected chi connectivity index (χ4v) is 1.91. The molecule has 0 aliphatic carbocycles. The van der Waals surface area contributed by atoms with Gasteiger partial charge in [-0.15, -0.1) is 0 Å². The minimum atomic E-state index is -0.00417. The lowest BCUT2D eigenvalue weighted by Crippen LogP contribution is -2.38. The largest absolute Gasteiger partial charge is 0.494 e. The highest BCUT2D eigenvalue weighted by Gasteiger charge is 2.18. The van der Waals surface area contributed by atoms with Crippen LogP contribution in [0.1, 0.15) is 44.0 Å². The quantitative estimate of drug-likeness (QED) is 0.796. The molecule has 0 spiro atoms. The number of aliphatic hydroxyl groups excluding tert-OH is 1. The zero-order valence-corrected chi connectivity index (χ0v) is 12.6. The smallest absolute Gasteiger partial charge is 0.254 e. The maximum Gasteiger partial charge on any atom is 0.254 e. The van der Waals surface area contributed by atoms with Crippen LogP contribution in [0.3, 0.4) is 0 Å². The second-order valence-electron chi connectivity index (χ2n) is 5.04. The van der Waals surface area contributed by atoms with E-state index in [4.69, 9.17) is 9.84 Å². The summed E-state index contributed by atoms with van der Waals surface area (Å²) in [5.41, 5.74) is 0.653. The molecule has 0 radical (unpaired) electrons. The number of hydrogen-bond acceptors (Lipinski definition) is 3. The van der Waals surface area contributed by atoms with Crippen LogP contribution >= 0.6 is 0 Å². The molecule has 4 nitrogen and oxygen atoms in total. The van der Waals surface area contributed by atoms with Crippen molar-refractivity contribution in [1.29, 1.82) is 0 Å². The zero-order valence-electron chi connectivity index (χ0n) is 12.6. The molecule has 1 rings (SSSR count). The Bertz CT molecular complexity index is 401. The van der Waals surface area contributed by atoms with Crippen LogP contribution in [0.5, 0.6) is 5.75 Å². The lowest BCUT2D eigenvalue weighted by molar-refractivity contribution is 0.0693. The van der Waals surface area contributed by atoms with Gasteiger partial charge in [0.05, 0.1) is 6.61 Å². The van der Waals surface area contributed by atoms with Crippen molar-refractivity contribution in [2.24, 2.45) is 0 Å². The van der Waals surface area contributed by atoms with Crippen LogP contribution in [0.4, 0.5) is 0 Å². The SMILES string of the molecule is CCCOc1ccc(C(=O)N(CCCO)C(C)C)cc1. The predicted molar refractivity (Wildman–Crippen MR) is 80.1 cm³/mol. The van der Waals surface area contributed by atoms with E-state index in [1.54, 1.807) is 17.0 Å². The molecule has 0 unspecified atom stereocenters. The Balaban J connectivity index is 2.73. The Morgan fingerprint density at radius 2 is 1.95 bits per heavy atom. The summed E-state index contributed by atoms with van der Waals surface area (Å²) in [6.07, 6.45) is 1.56. The molecule has 0 aliphatic rings. The second kappa shape index (κ2) is 8.59. The molecular formula is C16H25NO3. The molecule has 0 aliphatic heterocycles. The molecule has 1 aromatic rings. The molecule has 1 aromatic carbocycles. The van der Waals surface area contributed by atoms with Gasteiger partial charge in [0.1, 0.15) is 5.75 Å². The highest BCUT2D eigenvalue weighted by atomic mass is 16.5. The third kappa shape index (κ3) is 4.85. The van der Waals surface area contributed by atoms with E-state index in [0.29, 0.717) is 25.1 Å². The topological polar surface area (TPSA) is 49.8 Å². The molecular weight excluding hydrogens is 254 g/mol. The van der Waals surface area contributed by atoms with E-state index in [0.717, 1.165) is 12.2 Å². The number of hydrogen-bond donors (Lipinski definition) is 1. The van der Waals surface area contributed by atoms with Crippen molar-refractivity contribution < 1.29 is 14.6 Å². The Kier molecular flexibility index (Phi) is 7.09. The van der Waals surface area contributed by atoms with Crippen molar-refractivity contribution in [1.82, 2.24) is 4.90 Å². The van der Waals surface area contributed by atoms with Gasteiger partial charge in [0.2, 0.25) is 0 Å². The highest BCUT2D eigenvalue weighted by Crippen LogP contribution is 2.15. The van der Waals surface area contributed by atoms with Crippen LogP contribution in [0.15, 0.2) is 24.3 Å². The third-order valence-corrected chi connectivity index (χ3v) is 3.02. The van der Waals surface area contributed by atoms with E-state index < -0.39 is 0 Å². The average Bonchev–Trinajstić information content (AvgIpc) is 2.45. The van der Waals surface area contributed by atoms with E-state index in [1.807, 2.05) is 26.0 Å². The van der Waals surface area contributed by atoms with Gasteiger partial charge in [0.15, 0.2) is 0 Å². The lowest BCUT2D eigenvalue weighted by atomic mass is 10.1. The summed E-state index contributed by atoms with van der Waals surface area (Å²) in [5, 5.41) is 8.91. The van der Waals surface area contributed by atoms with E-state index in [1.165, 1.54) is 0 Å². The van der Waals surface area contributed by atoms with Crippen molar-refractivity contribution in [3.8, 4) is 5.75 Å². The van der Waals surface area contributed by atoms with Crippen molar-refractivity contribution in [3.05, 3.63) is 29.8 Å². The normalized spacial score (nSPS) is 10.7. The molecule has 1 amide bonds. The summed E-state index contributed by atoms with van der Waals surface area (Å²) < 4.78 is 5.50. The Morgan fingerprint density at radius 3 is 2.45 bits per heavy atom. The molecule has 112 valence electrons. The van der Waals surface area contributed by atoms with Crippen molar-refractivity contribution in [2.75, 3.05) is 19.8 Å². The minimum absolute atomic E-state index is 0.00417. The maximum atomic E-state index is 12.4. The van der Waals surface area contributed by atoms with E-state index >= 15 is 0 Å². The van der Waals surface area contributed by atoms with Gasteiger partial charge in [0.25, 0.3) is 5.91 Å². The number of amides is 1. The summed E-state index contributed by atoms with van der Waals surface area (Å²) in [6, 6.07) is 7.36. The first kappa shape index (κ1) is 16.5. The molecule has 0 saturated heterocycles. The highest BCUT2D eigenvalue weighted by molar-refractivity contribution is 5.94. The number of benzene rings is 1. The van der Waals surface area contributed by atoms with Gasteiger partial charge < -0.3 is 14.7 Å². The third-order valence-electron chi connectivity index (χ3n) is 3.02. The summed E-state index contributed by atoms with van der Waals surface area (Å²) in [6.45, 7) is 7.37. The summed E-state index contributed by atoms with van der Waals surface area (Å²) in [5.74, 6) is 0.783. The van der Waals surface area contributed by atoms with Crippen LogP contribution in [-0.4, -0.2) is 41.7 Å². The van der Waals surface area contributed by atoms with Crippen molar-refractivity contribution >= 4 is 5.91 Å². The first-order chi connectivity index (χ1) is 9.60. The molecule has 0 aromatic heterocycles. The van der Waals surface area contributed by atoms with Crippen molar-refractivity contribution in [3.63, 3.8) is 0 Å². The van der Waals surface area contributed by atoms with Gasteiger partial charge in [-0.1, -0.05) is 6.92 Å². The summed E-state index contributed by atoms with van der Waals surface area (Å²) >= 11 is 0. The first-order valence-electron chi connectivity index (χ1n) is 7.24. The van der Waals surface area contributed by atoms with Crippen LogP contribution in [0, 0.1) is 0 Å². The first-order valence-corrected chi connectivity index (χ1v) is 7.24. The van der Waals surface area contributed by atoms with Gasteiger partial charge in [-0.25, -0.2) is 0 Å². The molecule has 0 bridgehead atoms. The van der Waals surface area contributed by atoms with Gasteiger partial charge in [0, 0.05) is 24.8 Å². The van der Waals surface area contributed by atoms with Gasteiger partial charge in [-0.3, -0.25) is 4.79 Å². The standard InChI is InChI=1S/C16H25NO3/c1-4-12-20-15-8-6-14(7-9-15)16(19)17(13(2)3)10-5-11-18/h6-9,13,18H,4-5,10-12H2,1-3H3. The minimum Gasteiger partial charge on any atom is -0.494 e. The van der Waals surface area contributed by atoms with Crippen molar-refractivity contribution in [2.45, 2.75) is 39.7 Å². The van der Waals surface area contributed by atoms with Crippen LogP contribution in [-0.2, 0) is 0 Å². The number of ether oxygens (including phenoxy) is 1. The Hall–Kier alpha value is -1.55. The van der Waals surface area contributed by atoms with Crippen LogP contribution in [0.25, 0.3) is 0 Å². The molecule has 0 saturated carbocycles. The van der Waals surface area contributed by atoms with E-state index in [2.05, 4.69) is 6.92 Å². The number of rotatable bonds is 8. The van der Waals surface area contributed by atoms with Gasteiger partial charge >= 0.3 is 0 Å². The second-order valence-corrected chi connectivity index (χ2v) is 5.04. The van der Waals surface area contributed by atoms with Crippen LogP contribution in [0.2, 0.25) is 0 Å². The van der Waals surface area contributed by atoms with E-state index in [9.17, 15) is 4.79 Å². The molecule has 0 heterocycles. The number of aliphatic hydroxyl groups is 1. The Labute approximate surface area is 121 Å². The average molecular weight is 279 g/mol. The molecule has 1 N–H and O–H groups in total. The molecule has 0 atom stereocenters. The molecule has 4 heteroatoms. The predicted octanol–water partition coefficient (Wildman–Crippen LogP) is 2.71. The van der Waals surface area contributed by atoms with Gasteiger partial charge in [-0.2, -0.15) is 0 Å². The lowest BCUT2D eigenvalue weighted by Gasteiger charge is -2.26. The fraction of sp³-hybridized carbons (Fsp3) is 0.562. The maximum absolute atomic E-state index is 12.4.